The highest BCUT2D eigenvalue weighted by atomic mass is 16.2. The molecule has 0 amide bonds. The molecule has 4 N–H and O–H groups in total. The van der Waals surface area contributed by atoms with Gasteiger partial charge in [-0.25, -0.2) is 0 Å². The van der Waals surface area contributed by atoms with Crippen LogP contribution in [0.15, 0.2) is 0 Å². The molecule has 1 atom stereocenters. The van der Waals surface area contributed by atoms with Crippen molar-refractivity contribution in [2.75, 3.05) is 26.2 Å². The van der Waals surface area contributed by atoms with Crippen molar-refractivity contribution in [1.82, 2.24) is 5.32 Å². The van der Waals surface area contributed by atoms with E-state index >= 15 is 0 Å². The van der Waals surface area contributed by atoms with Crippen LogP contribution in [0.2, 0.25) is 0 Å². The van der Waals surface area contributed by atoms with Crippen LogP contribution in [-0.4, -0.2) is 31.3 Å². The van der Waals surface area contributed by atoms with E-state index in [-0.39, 0.29) is 0 Å². The smallest absolute Gasteiger partial charge is 0.0431 e. The van der Waals surface area contributed by atoms with Gasteiger partial charge in [-0.3, -0.25) is 0 Å². The van der Waals surface area contributed by atoms with Crippen molar-refractivity contribution in [3.05, 3.63) is 0 Å². The summed E-state index contributed by atoms with van der Waals surface area (Å²) < 4.78 is 0. The third-order valence-electron chi connectivity index (χ3n) is 2.66. The fourth-order valence-electron chi connectivity index (χ4n) is 1.42. The molecular weight excluding hydrogens is 176 g/mol. The van der Waals surface area contributed by atoms with Crippen LogP contribution >= 0.6 is 0 Å². The molecule has 0 heterocycles. The predicted molar refractivity (Wildman–Crippen MR) is 61.2 cm³/mol. The van der Waals surface area contributed by atoms with Gasteiger partial charge in [0.2, 0.25) is 0 Å². The Labute approximate surface area is 88.1 Å². The van der Waals surface area contributed by atoms with E-state index in [0.29, 0.717) is 18.4 Å². The number of unbranched alkanes of at least 4 members (excludes halogenated alkanes) is 2. The summed E-state index contributed by atoms with van der Waals surface area (Å²) in [6, 6.07) is 0. The van der Waals surface area contributed by atoms with Gasteiger partial charge in [-0.05, 0) is 50.7 Å². The molecule has 0 aliphatic carbocycles. The minimum Gasteiger partial charge on any atom is -0.396 e. The normalized spacial score (nSPS) is 13.5. The second kappa shape index (κ2) is 9.44. The van der Waals surface area contributed by atoms with Gasteiger partial charge in [0.25, 0.3) is 0 Å². The maximum atomic E-state index is 8.58. The van der Waals surface area contributed by atoms with Gasteiger partial charge in [0.05, 0.1) is 0 Å². The van der Waals surface area contributed by atoms with E-state index in [4.69, 9.17) is 10.8 Å². The first-order valence-electron chi connectivity index (χ1n) is 5.74. The molecule has 3 heteroatoms. The monoisotopic (exact) mass is 202 g/mol. The minimum absolute atomic E-state index is 0.317. The molecule has 0 aromatic rings. The third-order valence-corrected chi connectivity index (χ3v) is 2.66. The van der Waals surface area contributed by atoms with E-state index < -0.39 is 0 Å². The maximum absolute atomic E-state index is 8.58. The molecular formula is C11H26N2O. The molecule has 3 nitrogen and oxygen atoms in total. The fraction of sp³-hybridized carbons (Fsp3) is 1.00. The second-order valence-corrected chi connectivity index (χ2v) is 4.23. The Morgan fingerprint density at radius 1 is 1.21 bits per heavy atom. The zero-order valence-corrected chi connectivity index (χ0v) is 9.63. The molecule has 0 saturated heterocycles. The Bertz CT molecular complexity index is 118. The van der Waals surface area contributed by atoms with Crippen LogP contribution in [0, 0.1) is 11.8 Å². The van der Waals surface area contributed by atoms with Crippen molar-refractivity contribution >= 4 is 0 Å². The molecule has 0 fully saturated rings. The molecule has 0 bridgehead atoms. The SMILES string of the molecule is CC(C)C(CN)CNCCCCCO. The lowest BCUT2D eigenvalue weighted by Gasteiger charge is -2.19. The molecule has 1 unspecified atom stereocenters. The van der Waals surface area contributed by atoms with Crippen molar-refractivity contribution in [2.24, 2.45) is 17.6 Å². The van der Waals surface area contributed by atoms with Gasteiger partial charge >= 0.3 is 0 Å². The van der Waals surface area contributed by atoms with Gasteiger partial charge in [-0.2, -0.15) is 0 Å². The lowest BCUT2D eigenvalue weighted by molar-refractivity contribution is 0.282. The Kier molecular flexibility index (Phi) is 9.35. The lowest BCUT2D eigenvalue weighted by Crippen LogP contribution is -2.32. The number of rotatable bonds is 9. The summed E-state index contributed by atoms with van der Waals surface area (Å²) in [5, 5.41) is 12.0. The molecule has 14 heavy (non-hydrogen) atoms. The molecule has 0 rings (SSSR count). The first kappa shape index (κ1) is 13.9. The summed E-state index contributed by atoms with van der Waals surface area (Å²) in [5.41, 5.74) is 5.66. The topological polar surface area (TPSA) is 58.3 Å². The van der Waals surface area contributed by atoms with Gasteiger partial charge in [-0.15, -0.1) is 0 Å². The zero-order valence-electron chi connectivity index (χ0n) is 9.63. The predicted octanol–water partition coefficient (Wildman–Crippen LogP) is 0.969. The second-order valence-electron chi connectivity index (χ2n) is 4.23. The van der Waals surface area contributed by atoms with Crippen LogP contribution in [-0.2, 0) is 0 Å². The fourth-order valence-corrected chi connectivity index (χ4v) is 1.42. The number of aliphatic hydroxyl groups is 1. The van der Waals surface area contributed by atoms with E-state index in [2.05, 4.69) is 19.2 Å². The number of nitrogens with two attached hydrogens (primary N) is 1. The van der Waals surface area contributed by atoms with E-state index in [9.17, 15) is 0 Å². The van der Waals surface area contributed by atoms with Gasteiger partial charge < -0.3 is 16.2 Å². The molecule has 86 valence electrons. The summed E-state index contributed by atoms with van der Waals surface area (Å²) in [4.78, 5) is 0. The van der Waals surface area contributed by atoms with Crippen LogP contribution in [0.1, 0.15) is 33.1 Å². The average molecular weight is 202 g/mol. The van der Waals surface area contributed by atoms with Crippen LogP contribution in [0.5, 0.6) is 0 Å². The number of nitrogens with one attached hydrogen (secondary N) is 1. The van der Waals surface area contributed by atoms with Crippen LogP contribution < -0.4 is 11.1 Å². The Balaban J connectivity index is 3.25. The van der Waals surface area contributed by atoms with Crippen molar-refractivity contribution in [1.29, 1.82) is 0 Å². The van der Waals surface area contributed by atoms with Crippen LogP contribution in [0.25, 0.3) is 0 Å². The first-order chi connectivity index (χ1) is 6.72. The van der Waals surface area contributed by atoms with E-state index in [1.54, 1.807) is 0 Å². The van der Waals surface area contributed by atoms with Gasteiger partial charge in [-0.1, -0.05) is 13.8 Å². The average Bonchev–Trinajstić information content (AvgIpc) is 2.16. The van der Waals surface area contributed by atoms with Gasteiger partial charge in [0, 0.05) is 6.61 Å². The molecule has 0 aromatic carbocycles. The van der Waals surface area contributed by atoms with Crippen molar-refractivity contribution < 1.29 is 5.11 Å². The minimum atomic E-state index is 0.317. The van der Waals surface area contributed by atoms with Gasteiger partial charge in [0.15, 0.2) is 0 Å². The quantitative estimate of drug-likeness (QED) is 0.488. The summed E-state index contributed by atoms with van der Waals surface area (Å²) in [6.07, 6.45) is 3.18. The summed E-state index contributed by atoms with van der Waals surface area (Å²) in [5.74, 6) is 1.25. The van der Waals surface area contributed by atoms with Crippen molar-refractivity contribution in [3.8, 4) is 0 Å². The number of aliphatic hydroxyl groups excluding tert-OH is 1. The number of hydrogen-bond acceptors (Lipinski definition) is 3. The van der Waals surface area contributed by atoms with Crippen LogP contribution in [0.4, 0.5) is 0 Å². The molecule has 0 saturated carbocycles. The Morgan fingerprint density at radius 2 is 1.93 bits per heavy atom. The molecule has 0 aromatic heterocycles. The molecule has 0 aliphatic heterocycles. The highest BCUT2D eigenvalue weighted by Crippen LogP contribution is 2.07. The van der Waals surface area contributed by atoms with E-state index in [1.165, 1.54) is 0 Å². The highest BCUT2D eigenvalue weighted by molar-refractivity contribution is 4.66. The van der Waals surface area contributed by atoms with Crippen molar-refractivity contribution in [3.63, 3.8) is 0 Å². The molecule has 0 radical (unpaired) electrons. The zero-order chi connectivity index (χ0) is 10.8. The standard InChI is InChI=1S/C11H26N2O/c1-10(2)11(8-12)9-13-6-4-3-5-7-14/h10-11,13-14H,3-9,12H2,1-2H3. The van der Waals surface area contributed by atoms with E-state index in [0.717, 1.165) is 38.9 Å². The highest BCUT2D eigenvalue weighted by Gasteiger charge is 2.09. The Morgan fingerprint density at radius 3 is 2.43 bits per heavy atom. The largest absolute Gasteiger partial charge is 0.396 e. The summed E-state index contributed by atoms with van der Waals surface area (Å²) in [6.45, 7) is 7.57. The first-order valence-corrected chi connectivity index (χ1v) is 5.74. The van der Waals surface area contributed by atoms with Crippen molar-refractivity contribution in [2.45, 2.75) is 33.1 Å². The van der Waals surface area contributed by atoms with Gasteiger partial charge in [0.1, 0.15) is 0 Å². The third kappa shape index (κ3) is 7.30. The molecule has 0 aliphatic rings. The van der Waals surface area contributed by atoms with E-state index in [1.807, 2.05) is 0 Å². The summed E-state index contributed by atoms with van der Waals surface area (Å²) in [7, 11) is 0. The molecule has 0 spiro atoms. The number of hydrogen-bond donors (Lipinski definition) is 3. The lowest BCUT2D eigenvalue weighted by atomic mass is 9.96. The Hall–Kier alpha value is -0.120. The summed E-state index contributed by atoms with van der Waals surface area (Å²) >= 11 is 0. The maximum Gasteiger partial charge on any atom is 0.0431 e. The van der Waals surface area contributed by atoms with Crippen LogP contribution in [0.3, 0.4) is 0 Å².